The fraction of sp³-hybridized carbons (Fsp3) is 0.231. The Morgan fingerprint density at radius 1 is 1.07 bits per heavy atom. The highest BCUT2D eigenvalue weighted by atomic mass is 35.5. The lowest BCUT2D eigenvalue weighted by Gasteiger charge is -2.27. The standard InChI is InChI=1S/C26H22ClF3N10O/c27-19-12-16(2-3-17(19)25(41)38-9-6-31-7-10-38)36-23-24-35-13-20(40(24)11-8-34-23)18-14-39(37-22(18)26(28,29)30)15-21-32-4-1-5-33-21/h1-5,8,11-14,31H,6-7,9-10,15H2,(H,34,36). The largest absolute Gasteiger partial charge is 0.435 e. The second-order valence-corrected chi connectivity index (χ2v) is 9.63. The van der Waals surface area contributed by atoms with E-state index in [1.807, 2.05) is 0 Å². The molecular formula is C26H22ClF3N10O. The Hall–Kier alpha value is -4.56. The third-order valence-electron chi connectivity index (χ3n) is 6.52. The van der Waals surface area contributed by atoms with Crippen molar-refractivity contribution in [2.75, 3.05) is 31.5 Å². The van der Waals surface area contributed by atoms with Gasteiger partial charge in [0.2, 0.25) is 0 Å². The molecule has 4 aromatic heterocycles. The molecule has 1 saturated heterocycles. The lowest BCUT2D eigenvalue weighted by Crippen LogP contribution is -2.46. The van der Waals surface area contributed by atoms with Crippen molar-refractivity contribution in [3.63, 3.8) is 0 Å². The van der Waals surface area contributed by atoms with Gasteiger partial charge in [-0.15, -0.1) is 0 Å². The van der Waals surface area contributed by atoms with Gasteiger partial charge in [-0.3, -0.25) is 13.9 Å². The summed E-state index contributed by atoms with van der Waals surface area (Å²) in [6.45, 7) is 2.59. The van der Waals surface area contributed by atoms with E-state index in [4.69, 9.17) is 11.6 Å². The van der Waals surface area contributed by atoms with Gasteiger partial charge < -0.3 is 15.5 Å². The van der Waals surface area contributed by atoms with Crippen LogP contribution < -0.4 is 10.6 Å². The molecule has 5 heterocycles. The van der Waals surface area contributed by atoms with Gasteiger partial charge >= 0.3 is 6.18 Å². The number of hydrogen-bond acceptors (Lipinski definition) is 8. The van der Waals surface area contributed by atoms with Crippen LogP contribution in [0.15, 0.2) is 61.4 Å². The molecule has 2 N–H and O–H groups in total. The lowest BCUT2D eigenvalue weighted by atomic mass is 10.1. The van der Waals surface area contributed by atoms with E-state index in [0.29, 0.717) is 30.2 Å². The molecule has 0 atom stereocenters. The van der Waals surface area contributed by atoms with Crippen molar-refractivity contribution in [2.24, 2.45) is 0 Å². The van der Waals surface area contributed by atoms with Gasteiger partial charge in [0.05, 0.1) is 28.0 Å². The van der Waals surface area contributed by atoms with E-state index in [2.05, 4.69) is 35.7 Å². The molecule has 1 fully saturated rings. The van der Waals surface area contributed by atoms with E-state index >= 15 is 0 Å². The number of alkyl halides is 3. The van der Waals surface area contributed by atoms with Crippen LogP contribution in [0.25, 0.3) is 16.9 Å². The fourth-order valence-electron chi connectivity index (χ4n) is 4.60. The van der Waals surface area contributed by atoms with Crippen molar-refractivity contribution < 1.29 is 18.0 Å². The molecule has 210 valence electrons. The van der Waals surface area contributed by atoms with Crippen LogP contribution in [0.5, 0.6) is 0 Å². The van der Waals surface area contributed by atoms with Gasteiger partial charge in [-0.1, -0.05) is 11.6 Å². The van der Waals surface area contributed by atoms with Crippen LogP contribution in [0, 0.1) is 0 Å². The number of rotatable bonds is 6. The summed E-state index contributed by atoms with van der Waals surface area (Å²) in [5, 5.41) is 10.4. The van der Waals surface area contributed by atoms with Gasteiger partial charge in [-0.2, -0.15) is 18.3 Å². The van der Waals surface area contributed by atoms with Crippen LogP contribution in [-0.2, 0) is 12.7 Å². The molecule has 41 heavy (non-hydrogen) atoms. The van der Waals surface area contributed by atoms with Crippen LogP contribution in [0.1, 0.15) is 21.9 Å². The second-order valence-electron chi connectivity index (χ2n) is 9.23. The first kappa shape index (κ1) is 26.7. The van der Waals surface area contributed by atoms with Crippen LogP contribution in [-0.4, -0.2) is 71.1 Å². The molecule has 0 saturated carbocycles. The zero-order chi connectivity index (χ0) is 28.6. The Morgan fingerprint density at radius 2 is 1.85 bits per heavy atom. The summed E-state index contributed by atoms with van der Waals surface area (Å²) in [6.07, 6.45) is 3.90. The number of carbonyl (C=O) groups excluding carboxylic acids is 1. The number of nitrogens with one attached hydrogen (secondary N) is 2. The van der Waals surface area contributed by atoms with Crippen molar-refractivity contribution in [2.45, 2.75) is 12.7 Å². The van der Waals surface area contributed by atoms with Crippen molar-refractivity contribution in [3.05, 3.63) is 83.6 Å². The topological polar surface area (TPSA) is 118 Å². The fourth-order valence-corrected chi connectivity index (χ4v) is 4.87. The summed E-state index contributed by atoms with van der Waals surface area (Å²) in [6, 6.07) is 6.54. The molecule has 0 aliphatic carbocycles. The predicted octanol–water partition coefficient (Wildman–Crippen LogP) is 3.89. The number of halogens is 4. The highest BCUT2D eigenvalue weighted by Gasteiger charge is 2.38. The third kappa shape index (κ3) is 5.43. The van der Waals surface area contributed by atoms with Crippen LogP contribution in [0.4, 0.5) is 24.7 Å². The minimum absolute atomic E-state index is 0.0388. The molecule has 0 unspecified atom stereocenters. The molecule has 1 aliphatic heterocycles. The Balaban J connectivity index is 1.30. The van der Waals surface area contributed by atoms with Crippen molar-refractivity contribution >= 4 is 34.7 Å². The summed E-state index contributed by atoms with van der Waals surface area (Å²) < 4.78 is 44.7. The summed E-state index contributed by atoms with van der Waals surface area (Å²) in [5.74, 6) is 0.457. The van der Waals surface area contributed by atoms with Gasteiger partial charge in [0.1, 0.15) is 12.4 Å². The monoisotopic (exact) mass is 582 g/mol. The second kappa shape index (κ2) is 10.8. The maximum atomic E-state index is 14.0. The minimum Gasteiger partial charge on any atom is -0.337 e. The molecule has 15 heteroatoms. The number of imidazole rings is 1. The Bertz CT molecular complexity index is 1710. The maximum Gasteiger partial charge on any atom is 0.435 e. The summed E-state index contributed by atoms with van der Waals surface area (Å²) in [7, 11) is 0. The van der Waals surface area contributed by atoms with Crippen LogP contribution >= 0.6 is 11.6 Å². The number of aromatic nitrogens is 7. The SMILES string of the molecule is O=C(c1ccc(Nc2nccn3c(-c4cn(Cc5ncccn5)nc4C(F)(F)F)cnc23)cc1Cl)N1CCNCC1. The van der Waals surface area contributed by atoms with Crippen molar-refractivity contribution in [3.8, 4) is 11.3 Å². The highest BCUT2D eigenvalue weighted by molar-refractivity contribution is 6.34. The average Bonchev–Trinajstić information content (AvgIpc) is 3.59. The number of nitrogens with zero attached hydrogens (tertiary/aromatic N) is 8. The van der Waals surface area contributed by atoms with Gasteiger partial charge in [0.15, 0.2) is 17.2 Å². The molecule has 5 aromatic rings. The van der Waals surface area contributed by atoms with Gasteiger partial charge in [-0.05, 0) is 24.3 Å². The molecule has 1 amide bonds. The van der Waals surface area contributed by atoms with Crippen molar-refractivity contribution in [1.29, 1.82) is 0 Å². The maximum absolute atomic E-state index is 14.0. The van der Waals surface area contributed by atoms with Gasteiger partial charge in [-0.25, -0.2) is 19.9 Å². The molecule has 0 spiro atoms. The predicted molar refractivity (Wildman–Crippen MR) is 144 cm³/mol. The van der Waals surface area contributed by atoms with E-state index < -0.39 is 11.9 Å². The number of fused-ring (bicyclic) bond motifs is 1. The number of amides is 1. The van der Waals surface area contributed by atoms with E-state index in [1.54, 1.807) is 29.2 Å². The number of piperazine rings is 1. The van der Waals surface area contributed by atoms with Crippen molar-refractivity contribution in [1.82, 2.24) is 44.3 Å². The molecule has 0 bridgehead atoms. The Morgan fingerprint density at radius 3 is 2.59 bits per heavy atom. The van der Waals surface area contributed by atoms with E-state index in [0.717, 1.165) is 17.8 Å². The van der Waals surface area contributed by atoms with E-state index in [9.17, 15) is 18.0 Å². The molecule has 11 nitrogen and oxygen atoms in total. The van der Waals surface area contributed by atoms with Crippen LogP contribution in [0.3, 0.4) is 0 Å². The summed E-state index contributed by atoms with van der Waals surface area (Å²) in [5.41, 5.74) is 0.157. The third-order valence-corrected chi connectivity index (χ3v) is 6.84. The molecular weight excluding hydrogens is 561 g/mol. The highest BCUT2D eigenvalue weighted by Crippen LogP contribution is 2.37. The molecule has 1 aliphatic rings. The minimum atomic E-state index is -4.71. The first-order valence-corrected chi connectivity index (χ1v) is 13.0. The summed E-state index contributed by atoms with van der Waals surface area (Å²) >= 11 is 6.46. The average molecular weight is 583 g/mol. The normalized spacial score (nSPS) is 14.0. The number of carbonyl (C=O) groups is 1. The van der Waals surface area contributed by atoms with Crippen LogP contribution in [0.2, 0.25) is 5.02 Å². The summed E-state index contributed by atoms with van der Waals surface area (Å²) in [4.78, 5) is 31.4. The van der Waals surface area contributed by atoms with Gasteiger partial charge in [0, 0.05) is 62.9 Å². The first-order valence-electron chi connectivity index (χ1n) is 12.6. The lowest BCUT2D eigenvalue weighted by molar-refractivity contribution is -0.141. The van der Waals surface area contributed by atoms with Gasteiger partial charge in [0.25, 0.3) is 5.91 Å². The Labute approximate surface area is 236 Å². The zero-order valence-corrected chi connectivity index (χ0v) is 22.1. The Kier molecular flexibility index (Phi) is 7.01. The molecule has 6 rings (SSSR count). The first-order chi connectivity index (χ1) is 19.8. The molecule has 0 radical (unpaired) electrons. The molecule has 1 aromatic carbocycles. The number of benzene rings is 1. The smallest absolute Gasteiger partial charge is 0.337 e. The number of anilines is 2. The number of hydrogen-bond donors (Lipinski definition) is 2. The quantitative estimate of drug-likeness (QED) is 0.310. The van der Waals surface area contributed by atoms with E-state index in [1.165, 1.54) is 41.6 Å². The zero-order valence-electron chi connectivity index (χ0n) is 21.3. The van der Waals surface area contributed by atoms with E-state index in [-0.39, 0.29) is 40.2 Å².